The Balaban J connectivity index is 1.54. The van der Waals surface area contributed by atoms with Gasteiger partial charge in [0.15, 0.2) is 6.23 Å². The van der Waals surface area contributed by atoms with Gasteiger partial charge in [0.25, 0.3) is 0 Å². The Bertz CT molecular complexity index is 753. The second kappa shape index (κ2) is 6.01. The molecule has 118 valence electrons. The third-order valence-corrected chi connectivity index (χ3v) is 4.42. The summed E-state index contributed by atoms with van der Waals surface area (Å²) in [5.41, 5.74) is 3.05. The lowest BCUT2D eigenvalue weighted by atomic mass is 10.1. The summed E-state index contributed by atoms with van der Waals surface area (Å²) in [7, 11) is 2.12. The number of hydrogen-bond donors (Lipinski definition) is 0. The Morgan fingerprint density at radius 3 is 2.39 bits per heavy atom. The van der Waals surface area contributed by atoms with Crippen molar-refractivity contribution in [2.45, 2.75) is 12.6 Å². The number of para-hydroxylation sites is 1. The van der Waals surface area contributed by atoms with Crippen molar-refractivity contribution in [2.75, 3.05) is 25.1 Å². The standard InChI is InChI=1S/C18H20N4O/c1-21(15-7-3-2-4-8-15)13-14-11-12-23-18(14)22-19-16-9-5-6-10-17(16)20-22/h2-10,14,18H,11-13H2,1H3/t14-,18-/m0/s1. The lowest BCUT2D eigenvalue weighted by molar-refractivity contribution is 0.0140. The highest BCUT2D eigenvalue weighted by molar-refractivity contribution is 5.72. The second-order valence-electron chi connectivity index (χ2n) is 6.04. The molecule has 4 rings (SSSR count). The van der Waals surface area contributed by atoms with Gasteiger partial charge in [0, 0.05) is 31.8 Å². The molecule has 0 saturated carbocycles. The van der Waals surface area contributed by atoms with Crippen LogP contribution in [0.1, 0.15) is 12.6 Å². The quantitative estimate of drug-likeness (QED) is 0.743. The van der Waals surface area contributed by atoms with Gasteiger partial charge in [-0.25, -0.2) is 0 Å². The molecular weight excluding hydrogens is 288 g/mol. The Labute approximate surface area is 135 Å². The topological polar surface area (TPSA) is 43.2 Å². The number of benzene rings is 2. The van der Waals surface area contributed by atoms with Gasteiger partial charge in [-0.15, -0.1) is 0 Å². The van der Waals surface area contributed by atoms with Crippen molar-refractivity contribution in [3.63, 3.8) is 0 Å². The van der Waals surface area contributed by atoms with Crippen molar-refractivity contribution in [3.8, 4) is 0 Å². The van der Waals surface area contributed by atoms with Gasteiger partial charge in [-0.05, 0) is 30.7 Å². The van der Waals surface area contributed by atoms with E-state index in [9.17, 15) is 0 Å². The van der Waals surface area contributed by atoms with Crippen molar-refractivity contribution in [3.05, 3.63) is 54.6 Å². The van der Waals surface area contributed by atoms with E-state index in [1.807, 2.05) is 30.3 Å². The summed E-state index contributed by atoms with van der Waals surface area (Å²) >= 11 is 0. The maximum Gasteiger partial charge on any atom is 0.173 e. The largest absolute Gasteiger partial charge is 0.374 e. The molecule has 0 aliphatic carbocycles. The summed E-state index contributed by atoms with van der Waals surface area (Å²) in [6, 6.07) is 18.4. The number of nitrogens with zero attached hydrogens (tertiary/aromatic N) is 4. The maximum absolute atomic E-state index is 5.93. The monoisotopic (exact) mass is 308 g/mol. The molecule has 0 spiro atoms. The number of aromatic nitrogens is 3. The van der Waals surface area contributed by atoms with E-state index in [0.717, 1.165) is 30.6 Å². The third-order valence-electron chi connectivity index (χ3n) is 4.42. The lowest BCUT2D eigenvalue weighted by Gasteiger charge is -2.25. The van der Waals surface area contributed by atoms with Gasteiger partial charge >= 0.3 is 0 Å². The molecule has 3 aromatic rings. The minimum Gasteiger partial charge on any atom is -0.374 e. The predicted octanol–water partition coefficient (Wildman–Crippen LogP) is 3.10. The molecule has 0 radical (unpaired) electrons. The van der Waals surface area contributed by atoms with Crippen molar-refractivity contribution in [2.24, 2.45) is 5.92 Å². The van der Waals surface area contributed by atoms with Crippen LogP contribution in [0.15, 0.2) is 54.6 Å². The molecule has 0 unspecified atom stereocenters. The highest BCUT2D eigenvalue weighted by Gasteiger charge is 2.32. The molecule has 1 fully saturated rings. The number of anilines is 1. The first-order chi connectivity index (χ1) is 11.3. The van der Waals surface area contributed by atoms with E-state index < -0.39 is 0 Å². The molecular formula is C18H20N4O. The van der Waals surface area contributed by atoms with Crippen molar-refractivity contribution in [1.82, 2.24) is 15.0 Å². The zero-order valence-corrected chi connectivity index (χ0v) is 13.2. The molecule has 0 bridgehead atoms. The number of rotatable bonds is 4. The maximum atomic E-state index is 5.93. The highest BCUT2D eigenvalue weighted by Crippen LogP contribution is 2.31. The van der Waals surface area contributed by atoms with Crippen LogP contribution in [0.3, 0.4) is 0 Å². The van der Waals surface area contributed by atoms with Crippen LogP contribution in [-0.2, 0) is 4.74 Å². The van der Waals surface area contributed by atoms with Crippen molar-refractivity contribution < 1.29 is 4.74 Å². The predicted molar refractivity (Wildman–Crippen MR) is 90.3 cm³/mol. The summed E-state index contributed by atoms with van der Waals surface area (Å²) in [4.78, 5) is 4.02. The van der Waals surface area contributed by atoms with E-state index >= 15 is 0 Å². The molecule has 2 heterocycles. The first-order valence-corrected chi connectivity index (χ1v) is 8.00. The van der Waals surface area contributed by atoms with Gasteiger partial charge in [0.2, 0.25) is 0 Å². The summed E-state index contributed by atoms with van der Waals surface area (Å²) in [6.45, 7) is 1.68. The Morgan fingerprint density at radius 2 is 1.70 bits per heavy atom. The van der Waals surface area contributed by atoms with E-state index in [1.54, 1.807) is 4.80 Å². The van der Waals surface area contributed by atoms with E-state index in [4.69, 9.17) is 4.74 Å². The van der Waals surface area contributed by atoms with Crippen molar-refractivity contribution in [1.29, 1.82) is 0 Å². The summed E-state index contributed by atoms with van der Waals surface area (Å²) in [5.74, 6) is 0.377. The zero-order valence-electron chi connectivity index (χ0n) is 13.2. The summed E-state index contributed by atoms with van der Waals surface area (Å²) in [5, 5.41) is 9.17. The summed E-state index contributed by atoms with van der Waals surface area (Å²) in [6.07, 6.45) is 0.938. The van der Waals surface area contributed by atoms with Gasteiger partial charge in [-0.3, -0.25) is 0 Å². The molecule has 1 aliphatic rings. The molecule has 0 amide bonds. The Kier molecular flexibility index (Phi) is 3.71. The summed E-state index contributed by atoms with van der Waals surface area (Å²) < 4.78 is 5.93. The van der Waals surface area contributed by atoms with E-state index in [2.05, 4.69) is 46.4 Å². The Morgan fingerprint density at radius 1 is 1.04 bits per heavy atom. The van der Waals surface area contributed by atoms with Gasteiger partial charge in [-0.2, -0.15) is 15.0 Å². The lowest BCUT2D eigenvalue weighted by Crippen LogP contribution is -2.30. The molecule has 5 nitrogen and oxygen atoms in total. The van der Waals surface area contributed by atoms with Crippen molar-refractivity contribution >= 4 is 16.7 Å². The normalized spacial score (nSPS) is 20.9. The number of fused-ring (bicyclic) bond motifs is 1. The van der Waals surface area contributed by atoms with E-state index in [-0.39, 0.29) is 6.23 Å². The molecule has 5 heteroatoms. The number of hydrogen-bond acceptors (Lipinski definition) is 4. The second-order valence-corrected chi connectivity index (χ2v) is 6.04. The van der Waals surface area contributed by atoms with Crippen LogP contribution in [0.4, 0.5) is 5.69 Å². The van der Waals surface area contributed by atoms with Crippen LogP contribution in [0.5, 0.6) is 0 Å². The van der Waals surface area contributed by atoms with Crippen LogP contribution in [0, 0.1) is 5.92 Å². The van der Waals surface area contributed by atoms with E-state index in [1.165, 1.54) is 5.69 Å². The van der Waals surface area contributed by atoms with Crippen LogP contribution < -0.4 is 4.90 Å². The number of ether oxygens (including phenoxy) is 1. The molecule has 0 N–H and O–H groups in total. The van der Waals surface area contributed by atoms with Gasteiger partial charge in [0.1, 0.15) is 11.0 Å². The van der Waals surface area contributed by atoms with Crippen LogP contribution in [0.25, 0.3) is 11.0 Å². The van der Waals surface area contributed by atoms with Gasteiger partial charge in [-0.1, -0.05) is 30.3 Å². The van der Waals surface area contributed by atoms with Crippen LogP contribution in [0.2, 0.25) is 0 Å². The van der Waals surface area contributed by atoms with Crippen LogP contribution >= 0.6 is 0 Å². The Hall–Kier alpha value is -2.40. The molecule has 2 aromatic carbocycles. The SMILES string of the molecule is CN(C[C@@H]1CCO[C@@H]1n1nc2ccccc2n1)c1ccccc1. The first-order valence-electron chi connectivity index (χ1n) is 8.00. The zero-order chi connectivity index (χ0) is 15.6. The molecule has 1 saturated heterocycles. The first kappa shape index (κ1) is 14.2. The minimum absolute atomic E-state index is 0.0893. The van der Waals surface area contributed by atoms with Gasteiger partial charge in [0.05, 0.1) is 0 Å². The van der Waals surface area contributed by atoms with Crippen LogP contribution in [-0.4, -0.2) is 35.2 Å². The fraction of sp³-hybridized carbons (Fsp3) is 0.333. The molecule has 23 heavy (non-hydrogen) atoms. The van der Waals surface area contributed by atoms with Gasteiger partial charge < -0.3 is 9.64 Å². The average molecular weight is 308 g/mol. The smallest absolute Gasteiger partial charge is 0.173 e. The molecule has 1 aliphatic heterocycles. The fourth-order valence-electron chi connectivity index (χ4n) is 3.19. The minimum atomic E-state index is -0.0893. The highest BCUT2D eigenvalue weighted by atomic mass is 16.5. The molecule has 2 atom stereocenters. The van der Waals surface area contributed by atoms with E-state index in [0.29, 0.717) is 5.92 Å². The fourth-order valence-corrected chi connectivity index (χ4v) is 3.19. The third kappa shape index (κ3) is 2.80. The average Bonchev–Trinajstić information content (AvgIpc) is 3.21. The molecule has 1 aromatic heterocycles.